The normalized spacial score (nSPS) is 19.9. The van der Waals surface area contributed by atoms with E-state index in [2.05, 4.69) is 4.90 Å². The van der Waals surface area contributed by atoms with Crippen LogP contribution >= 0.6 is 0 Å². The Morgan fingerprint density at radius 3 is 2.36 bits per heavy atom. The molecule has 0 N–H and O–H groups in total. The average Bonchev–Trinajstić information content (AvgIpc) is 2.17. The molecule has 0 spiro atoms. The van der Waals surface area contributed by atoms with Crippen LogP contribution in [0.5, 0.6) is 0 Å². The van der Waals surface area contributed by atoms with Gasteiger partial charge in [-0.2, -0.15) is 0 Å². The summed E-state index contributed by atoms with van der Waals surface area (Å²) in [4.78, 5) is 13.0. The zero-order valence-electron chi connectivity index (χ0n) is 8.53. The monoisotopic (exact) mass is 219 g/mol. The maximum absolute atomic E-state index is 11.2. The number of piperidine rings is 1. The molecule has 5 heteroatoms. The predicted molar refractivity (Wildman–Crippen MR) is 55.0 cm³/mol. The second-order valence-corrected chi connectivity index (χ2v) is 6.09. The van der Waals surface area contributed by atoms with Crippen LogP contribution in [0.25, 0.3) is 0 Å². The second-order valence-electron chi connectivity index (χ2n) is 3.62. The summed E-state index contributed by atoms with van der Waals surface area (Å²) < 4.78 is 22.4. The summed E-state index contributed by atoms with van der Waals surface area (Å²) in [6.45, 7) is 3.68. The van der Waals surface area contributed by atoms with Crippen LogP contribution in [0.2, 0.25) is 0 Å². The molecule has 1 saturated heterocycles. The van der Waals surface area contributed by atoms with Crippen molar-refractivity contribution < 1.29 is 13.2 Å². The number of likely N-dealkylation sites (tertiary alicyclic amines) is 1. The summed E-state index contributed by atoms with van der Waals surface area (Å²) in [6, 6.07) is 0. The Bertz CT molecular complexity index is 287. The van der Waals surface area contributed by atoms with Crippen LogP contribution in [0.1, 0.15) is 19.8 Å². The minimum absolute atomic E-state index is 0.208. The highest BCUT2D eigenvalue weighted by molar-refractivity contribution is 7.91. The van der Waals surface area contributed by atoms with Crippen molar-refractivity contribution in [1.82, 2.24) is 4.90 Å². The van der Waals surface area contributed by atoms with E-state index < -0.39 is 9.84 Å². The fraction of sp³-hybridized carbons (Fsp3) is 0.889. The van der Waals surface area contributed by atoms with E-state index in [1.807, 2.05) is 0 Å². The van der Waals surface area contributed by atoms with Gasteiger partial charge in [-0.05, 0) is 0 Å². The van der Waals surface area contributed by atoms with Gasteiger partial charge < -0.3 is 4.90 Å². The summed E-state index contributed by atoms with van der Waals surface area (Å²) in [5.74, 6) is 0.719. The van der Waals surface area contributed by atoms with Gasteiger partial charge in [-0.1, -0.05) is 6.92 Å². The van der Waals surface area contributed by atoms with Crippen molar-refractivity contribution in [3.63, 3.8) is 0 Å². The molecule has 0 aromatic carbocycles. The van der Waals surface area contributed by atoms with E-state index in [1.165, 1.54) is 0 Å². The van der Waals surface area contributed by atoms with E-state index in [4.69, 9.17) is 0 Å². The molecule has 0 radical (unpaired) electrons. The van der Waals surface area contributed by atoms with E-state index in [-0.39, 0.29) is 11.5 Å². The Labute approximate surface area is 85.2 Å². The van der Waals surface area contributed by atoms with Gasteiger partial charge in [0.1, 0.15) is 5.78 Å². The topological polar surface area (TPSA) is 54.5 Å². The summed E-state index contributed by atoms with van der Waals surface area (Å²) in [7, 11) is -2.86. The minimum atomic E-state index is -2.86. The molecule has 0 aromatic heterocycles. The van der Waals surface area contributed by atoms with Gasteiger partial charge in [0.15, 0.2) is 9.84 Å². The molecule has 0 saturated carbocycles. The fourth-order valence-electron chi connectivity index (χ4n) is 1.44. The van der Waals surface area contributed by atoms with Gasteiger partial charge in [-0.15, -0.1) is 0 Å². The molecule has 14 heavy (non-hydrogen) atoms. The van der Waals surface area contributed by atoms with Gasteiger partial charge in [-0.3, -0.25) is 4.79 Å². The zero-order valence-corrected chi connectivity index (χ0v) is 9.35. The molecule has 1 aliphatic rings. The van der Waals surface area contributed by atoms with Crippen LogP contribution in [0, 0.1) is 0 Å². The van der Waals surface area contributed by atoms with Crippen LogP contribution in [-0.4, -0.2) is 50.2 Å². The molecular weight excluding hydrogens is 202 g/mol. The lowest BCUT2D eigenvalue weighted by Crippen LogP contribution is -2.37. The van der Waals surface area contributed by atoms with Gasteiger partial charge in [0.2, 0.25) is 0 Å². The zero-order chi connectivity index (χ0) is 10.6. The number of carbonyl (C=O) groups excluding carboxylic acids is 1. The number of hydrogen-bond acceptors (Lipinski definition) is 4. The van der Waals surface area contributed by atoms with Crippen molar-refractivity contribution in [2.45, 2.75) is 19.8 Å². The van der Waals surface area contributed by atoms with Crippen molar-refractivity contribution in [3.05, 3.63) is 0 Å². The molecule has 1 aliphatic heterocycles. The Morgan fingerprint density at radius 2 is 1.86 bits per heavy atom. The van der Waals surface area contributed by atoms with E-state index >= 15 is 0 Å². The largest absolute Gasteiger partial charge is 0.301 e. The quantitative estimate of drug-likeness (QED) is 0.672. The van der Waals surface area contributed by atoms with Gasteiger partial charge >= 0.3 is 0 Å². The van der Waals surface area contributed by atoms with Crippen molar-refractivity contribution in [2.75, 3.05) is 31.1 Å². The molecule has 82 valence electrons. The smallest absolute Gasteiger partial charge is 0.151 e. The van der Waals surface area contributed by atoms with Crippen molar-refractivity contribution >= 4 is 15.6 Å². The van der Waals surface area contributed by atoms with E-state index in [1.54, 1.807) is 6.92 Å². The third-order valence-corrected chi connectivity index (χ3v) is 4.26. The highest BCUT2D eigenvalue weighted by Crippen LogP contribution is 2.05. The Morgan fingerprint density at radius 1 is 1.29 bits per heavy atom. The maximum Gasteiger partial charge on any atom is 0.151 e. The average molecular weight is 219 g/mol. The molecule has 0 bridgehead atoms. The number of rotatable bonds is 4. The lowest BCUT2D eigenvalue weighted by atomic mass is 10.1. The number of hydrogen-bond donors (Lipinski definition) is 0. The minimum Gasteiger partial charge on any atom is -0.301 e. The lowest BCUT2D eigenvalue weighted by Gasteiger charge is -2.25. The first-order chi connectivity index (χ1) is 6.53. The van der Waals surface area contributed by atoms with E-state index in [0.29, 0.717) is 25.2 Å². The van der Waals surface area contributed by atoms with E-state index in [9.17, 15) is 13.2 Å². The van der Waals surface area contributed by atoms with Crippen LogP contribution in [-0.2, 0) is 14.6 Å². The number of sulfone groups is 1. The molecule has 1 rings (SSSR count). The lowest BCUT2D eigenvalue weighted by molar-refractivity contribution is -0.121. The van der Waals surface area contributed by atoms with Crippen molar-refractivity contribution in [3.8, 4) is 0 Å². The Kier molecular flexibility index (Phi) is 4.07. The number of Topliss-reactive ketones (excluding diaryl/α,β-unsaturated/α-hetero) is 1. The van der Waals surface area contributed by atoms with Gasteiger partial charge in [-0.25, -0.2) is 8.42 Å². The molecule has 0 aliphatic carbocycles. The summed E-state index contributed by atoms with van der Waals surface area (Å²) >= 11 is 0. The van der Waals surface area contributed by atoms with Crippen molar-refractivity contribution in [1.29, 1.82) is 0 Å². The van der Waals surface area contributed by atoms with Crippen LogP contribution < -0.4 is 0 Å². The third kappa shape index (κ3) is 3.75. The Hall–Kier alpha value is -0.420. The highest BCUT2D eigenvalue weighted by atomic mass is 32.2. The number of ketones is 1. The number of carbonyl (C=O) groups is 1. The predicted octanol–water partition coefficient (Wildman–Crippen LogP) is 0.0860. The summed E-state index contributed by atoms with van der Waals surface area (Å²) in [5.41, 5.74) is 0. The first-order valence-electron chi connectivity index (χ1n) is 4.98. The standard InChI is InChI=1S/C9H17NO3S/c1-2-14(12,13)8-7-10-5-3-9(11)4-6-10/h2-8H2,1H3. The Balaban J connectivity index is 2.29. The number of nitrogens with zero attached hydrogens (tertiary/aromatic N) is 1. The van der Waals surface area contributed by atoms with Crippen molar-refractivity contribution in [2.24, 2.45) is 0 Å². The van der Waals surface area contributed by atoms with E-state index in [0.717, 1.165) is 13.1 Å². The van der Waals surface area contributed by atoms with Crippen LogP contribution in [0.4, 0.5) is 0 Å². The highest BCUT2D eigenvalue weighted by Gasteiger charge is 2.17. The SMILES string of the molecule is CCS(=O)(=O)CCN1CCC(=O)CC1. The summed E-state index contributed by atoms with van der Waals surface area (Å²) in [5, 5.41) is 0. The van der Waals surface area contributed by atoms with Crippen LogP contribution in [0.3, 0.4) is 0 Å². The molecule has 0 unspecified atom stereocenters. The first-order valence-corrected chi connectivity index (χ1v) is 6.80. The molecular formula is C9H17NO3S. The molecule has 1 heterocycles. The van der Waals surface area contributed by atoms with Gasteiger partial charge in [0.05, 0.1) is 5.75 Å². The molecule has 0 atom stereocenters. The molecule has 0 aromatic rings. The molecule has 0 amide bonds. The molecule has 1 fully saturated rings. The molecule has 4 nitrogen and oxygen atoms in total. The maximum atomic E-state index is 11.2. The third-order valence-electron chi connectivity index (χ3n) is 2.57. The second kappa shape index (κ2) is 4.89. The van der Waals surface area contributed by atoms with Gasteiger partial charge in [0.25, 0.3) is 0 Å². The van der Waals surface area contributed by atoms with Crippen LogP contribution in [0.15, 0.2) is 0 Å². The fourth-order valence-corrected chi connectivity index (χ4v) is 2.26. The van der Waals surface area contributed by atoms with Gasteiger partial charge in [0, 0.05) is 38.2 Å². The summed E-state index contributed by atoms with van der Waals surface area (Å²) in [6.07, 6.45) is 1.15. The first kappa shape index (κ1) is 11.7.